The lowest BCUT2D eigenvalue weighted by molar-refractivity contribution is 0.162. The van der Waals surface area contributed by atoms with Gasteiger partial charge in [-0.3, -0.25) is 0 Å². The van der Waals surface area contributed by atoms with Crippen molar-refractivity contribution in [3.05, 3.63) is 27.7 Å². The van der Waals surface area contributed by atoms with Gasteiger partial charge < -0.3 is 5.32 Å². The van der Waals surface area contributed by atoms with Gasteiger partial charge in [-0.1, -0.05) is 37.3 Å². The molecule has 2 fully saturated rings. The lowest BCUT2D eigenvalue weighted by Crippen LogP contribution is -2.34. The van der Waals surface area contributed by atoms with Crippen LogP contribution in [0.5, 0.6) is 0 Å². The highest BCUT2D eigenvalue weighted by Crippen LogP contribution is 2.41. The minimum absolute atomic E-state index is 0.620. The van der Waals surface area contributed by atoms with Crippen LogP contribution in [0.4, 0.5) is 5.69 Å². The predicted molar refractivity (Wildman–Crippen MR) is 85.9 cm³/mol. The molecule has 0 radical (unpaired) electrons. The minimum atomic E-state index is 0.620. The van der Waals surface area contributed by atoms with E-state index in [4.69, 9.17) is 11.6 Å². The van der Waals surface area contributed by atoms with Crippen LogP contribution in [0.25, 0.3) is 0 Å². The normalized spacial score (nSPS) is 30.7. The van der Waals surface area contributed by atoms with Crippen LogP contribution in [-0.4, -0.2) is 6.04 Å². The molecule has 1 aromatic carbocycles. The zero-order valence-electron chi connectivity index (χ0n) is 11.2. The summed E-state index contributed by atoms with van der Waals surface area (Å²) in [5.74, 6) is 1.97. The van der Waals surface area contributed by atoms with Gasteiger partial charge in [-0.05, 0) is 65.2 Å². The Hall–Kier alpha value is -0.210. The van der Waals surface area contributed by atoms with E-state index in [2.05, 4.69) is 21.2 Å². The van der Waals surface area contributed by atoms with Crippen molar-refractivity contribution in [3.8, 4) is 0 Å². The Morgan fingerprint density at radius 3 is 2.68 bits per heavy atom. The van der Waals surface area contributed by atoms with Gasteiger partial charge in [0.1, 0.15) is 0 Å². The second-order valence-corrected chi connectivity index (χ2v) is 7.37. The van der Waals surface area contributed by atoms with Gasteiger partial charge in [0, 0.05) is 15.5 Å². The molecule has 3 atom stereocenters. The molecule has 0 spiro atoms. The van der Waals surface area contributed by atoms with Crippen LogP contribution in [0.2, 0.25) is 5.02 Å². The molecular weight excluding hydrogens is 322 g/mol. The van der Waals surface area contributed by atoms with Gasteiger partial charge in [0.05, 0.1) is 5.69 Å². The monoisotopic (exact) mass is 341 g/mol. The van der Waals surface area contributed by atoms with Gasteiger partial charge in [-0.15, -0.1) is 0 Å². The molecule has 0 aliphatic heterocycles. The van der Waals surface area contributed by atoms with E-state index in [1.165, 1.54) is 44.9 Å². The molecule has 3 heteroatoms. The Labute approximate surface area is 129 Å². The lowest BCUT2D eigenvalue weighted by Gasteiger charge is -2.40. The van der Waals surface area contributed by atoms with Gasteiger partial charge in [0.25, 0.3) is 0 Å². The van der Waals surface area contributed by atoms with E-state index >= 15 is 0 Å². The maximum atomic E-state index is 6.08. The van der Waals surface area contributed by atoms with Crippen LogP contribution in [0, 0.1) is 11.8 Å². The molecule has 3 rings (SSSR count). The molecule has 0 heterocycles. The molecule has 19 heavy (non-hydrogen) atoms. The maximum absolute atomic E-state index is 6.08. The maximum Gasteiger partial charge on any atom is 0.0501 e. The molecule has 0 aromatic heterocycles. The van der Waals surface area contributed by atoms with Crippen LogP contribution in [-0.2, 0) is 0 Å². The summed E-state index contributed by atoms with van der Waals surface area (Å²) in [4.78, 5) is 0. The number of halogens is 2. The van der Waals surface area contributed by atoms with E-state index in [9.17, 15) is 0 Å². The summed E-state index contributed by atoms with van der Waals surface area (Å²) in [6.07, 6.45) is 9.86. The van der Waals surface area contributed by atoms with E-state index in [1.807, 2.05) is 18.2 Å². The number of fused-ring (bicyclic) bond motifs is 1. The quantitative estimate of drug-likeness (QED) is 0.708. The molecule has 0 amide bonds. The number of hydrogen-bond donors (Lipinski definition) is 1. The molecule has 1 N–H and O–H groups in total. The fourth-order valence-corrected chi connectivity index (χ4v) is 4.37. The largest absolute Gasteiger partial charge is 0.381 e. The topological polar surface area (TPSA) is 12.0 Å². The average Bonchev–Trinajstić information content (AvgIpc) is 2.43. The highest BCUT2D eigenvalue weighted by molar-refractivity contribution is 9.10. The molecule has 3 unspecified atom stereocenters. The van der Waals surface area contributed by atoms with E-state index < -0.39 is 0 Å². The van der Waals surface area contributed by atoms with Crippen LogP contribution in [0.15, 0.2) is 22.7 Å². The van der Waals surface area contributed by atoms with E-state index in [0.29, 0.717) is 6.04 Å². The smallest absolute Gasteiger partial charge is 0.0501 e. The first-order chi connectivity index (χ1) is 9.22. The predicted octanol–water partition coefficient (Wildman–Crippen LogP) is 5.87. The van der Waals surface area contributed by atoms with E-state index in [0.717, 1.165) is 27.0 Å². The lowest BCUT2D eigenvalue weighted by atomic mass is 9.69. The van der Waals surface area contributed by atoms with Crippen molar-refractivity contribution >= 4 is 33.2 Å². The molecule has 104 valence electrons. The standard InChI is InChI=1S/C16H21BrClN/c17-15-8-6-13(18)10-16(15)19-14-7-5-11-3-1-2-4-12(11)9-14/h6,8,10-12,14,19H,1-5,7,9H2. The summed E-state index contributed by atoms with van der Waals surface area (Å²) in [7, 11) is 0. The first-order valence-electron chi connectivity index (χ1n) is 7.44. The Kier molecular flexibility index (Phi) is 4.38. The second kappa shape index (κ2) is 6.05. The Bertz CT molecular complexity index is 448. The van der Waals surface area contributed by atoms with Gasteiger partial charge in [-0.25, -0.2) is 0 Å². The third-order valence-electron chi connectivity index (χ3n) is 4.83. The molecule has 0 saturated heterocycles. The molecular formula is C16H21BrClN. The highest BCUT2D eigenvalue weighted by atomic mass is 79.9. The van der Waals surface area contributed by atoms with Crippen molar-refractivity contribution in [2.45, 2.75) is 51.0 Å². The molecule has 2 saturated carbocycles. The summed E-state index contributed by atoms with van der Waals surface area (Å²) in [5.41, 5.74) is 1.15. The van der Waals surface area contributed by atoms with Crippen LogP contribution >= 0.6 is 27.5 Å². The zero-order valence-corrected chi connectivity index (χ0v) is 13.5. The van der Waals surface area contributed by atoms with Crippen molar-refractivity contribution < 1.29 is 0 Å². The van der Waals surface area contributed by atoms with Crippen LogP contribution in [0.3, 0.4) is 0 Å². The molecule has 1 aromatic rings. The number of anilines is 1. The third-order valence-corrected chi connectivity index (χ3v) is 5.75. The van der Waals surface area contributed by atoms with E-state index in [1.54, 1.807) is 0 Å². The van der Waals surface area contributed by atoms with Crippen molar-refractivity contribution in [2.24, 2.45) is 11.8 Å². The number of rotatable bonds is 2. The second-order valence-electron chi connectivity index (χ2n) is 6.08. The zero-order chi connectivity index (χ0) is 13.2. The molecule has 1 nitrogen and oxygen atoms in total. The SMILES string of the molecule is Clc1ccc(Br)c(NC2CCC3CCCCC3C2)c1. The average molecular weight is 343 g/mol. The fraction of sp³-hybridized carbons (Fsp3) is 0.625. The summed E-state index contributed by atoms with van der Waals surface area (Å²) in [6, 6.07) is 6.60. The summed E-state index contributed by atoms with van der Waals surface area (Å²) in [6.45, 7) is 0. The van der Waals surface area contributed by atoms with Crippen molar-refractivity contribution in [1.29, 1.82) is 0 Å². The van der Waals surface area contributed by atoms with Gasteiger partial charge in [0.15, 0.2) is 0 Å². The fourth-order valence-electron chi connectivity index (χ4n) is 3.83. The Morgan fingerprint density at radius 1 is 1.05 bits per heavy atom. The van der Waals surface area contributed by atoms with Gasteiger partial charge in [-0.2, -0.15) is 0 Å². The first-order valence-corrected chi connectivity index (χ1v) is 8.61. The molecule has 2 aliphatic rings. The van der Waals surface area contributed by atoms with Crippen molar-refractivity contribution in [2.75, 3.05) is 5.32 Å². The van der Waals surface area contributed by atoms with Gasteiger partial charge >= 0.3 is 0 Å². The Balaban J connectivity index is 1.65. The number of nitrogens with one attached hydrogen (secondary N) is 1. The minimum Gasteiger partial charge on any atom is -0.381 e. The van der Waals surface area contributed by atoms with Crippen molar-refractivity contribution in [1.82, 2.24) is 0 Å². The van der Waals surface area contributed by atoms with Gasteiger partial charge in [0.2, 0.25) is 0 Å². The summed E-state index contributed by atoms with van der Waals surface area (Å²) < 4.78 is 1.11. The van der Waals surface area contributed by atoms with E-state index in [-0.39, 0.29) is 0 Å². The third kappa shape index (κ3) is 3.28. The number of hydrogen-bond acceptors (Lipinski definition) is 1. The first kappa shape index (κ1) is 13.8. The Morgan fingerprint density at radius 2 is 1.84 bits per heavy atom. The van der Waals surface area contributed by atoms with Crippen molar-refractivity contribution in [3.63, 3.8) is 0 Å². The number of benzene rings is 1. The molecule has 2 aliphatic carbocycles. The molecule has 0 bridgehead atoms. The summed E-state index contributed by atoms with van der Waals surface area (Å²) >= 11 is 9.69. The van der Waals surface area contributed by atoms with Crippen LogP contribution in [0.1, 0.15) is 44.9 Å². The summed E-state index contributed by atoms with van der Waals surface area (Å²) in [5, 5.41) is 4.49. The highest BCUT2D eigenvalue weighted by Gasteiger charge is 2.32. The van der Waals surface area contributed by atoms with Crippen LogP contribution < -0.4 is 5.32 Å².